The molecular formula is C15H16N4S. The predicted octanol–water partition coefficient (Wildman–Crippen LogP) is 4.29. The second kappa shape index (κ2) is 6.77. The number of azo groups is 1. The van der Waals surface area contributed by atoms with Gasteiger partial charge in [-0.1, -0.05) is 36.4 Å². The maximum atomic E-state index is 5.10. The van der Waals surface area contributed by atoms with Crippen LogP contribution in [0.3, 0.4) is 0 Å². The summed E-state index contributed by atoms with van der Waals surface area (Å²) in [6.45, 7) is 4.00. The minimum Gasteiger partial charge on any atom is -0.299 e. The molecule has 0 unspecified atom stereocenters. The van der Waals surface area contributed by atoms with Crippen molar-refractivity contribution in [3.8, 4) is 0 Å². The van der Waals surface area contributed by atoms with Crippen LogP contribution in [0.25, 0.3) is 0 Å². The van der Waals surface area contributed by atoms with Crippen molar-refractivity contribution in [1.29, 1.82) is 0 Å². The van der Waals surface area contributed by atoms with E-state index < -0.39 is 0 Å². The molecule has 0 fully saturated rings. The van der Waals surface area contributed by atoms with Crippen molar-refractivity contribution >= 4 is 28.7 Å². The standard InChI is InChI=1S/C15H16N4S/c1-11-7-3-5-9-13(11)16-18-15(20)19-17-14-10-6-4-8-12(14)2/h3-10,16H,1-2H3,(H,18,20). The molecule has 2 aromatic rings. The summed E-state index contributed by atoms with van der Waals surface area (Å²) in [6, 6.07) is 15.7. The number of anilines is 1. The number of nitrogens with zero attached hydrogens (tertiary/aromatic N) is 2. The number of rotatable bonds is 3. The molecule has 0 aliphatic heterocycles. The number of hydrazine groups is 1. The smallest absolute Gasteiger partial charge is 0.232 e. The van der Waals surface area contributed by atoms with E-state index >= 15 is 0 Å². The first-order valence-electron chi connectivity index (χ1n) is 6.26. The van der Waals surface area contributed by atoms with Crippen molar-refractivity contribution in [2.24, 2.45) is 10.2 Å². The molecule has 0 bridgehead atoms. The molecule has 0 aliphatic rings. The first kappa shape index (κ1) is 14.1. The lowest BCUT2D eigenvalue weighted by atomic mass is 10.2. The van der Waals surface area contributed by atoms with Crippen molar-refractivity contribution in [2.45, 2.75) is 13.8 Å². The Morgan fingerprint density at radius 1 is 0.950 bits per heavy atom. The van der Waals surface area contributed by atoms with Crippen LogP contribution in [-0.2, 0) is 0 Å². The Morgan fingerprint density at radius 2 is 1.60 bits per heavy atom. The van der Waals surface area contributed by atoms with Crippen molar-refractivity contribution in [3.05, 3.63) is 59.7 Å². The maximum Gasteiger partial charge on any atom is 0.232 e. The van der Waals surface area contributed by atoms with E-state index in [-0.39, 0.29) is 5.11 Å². The number of hydrogen-bond donors (Lipinski definition) is 2. The Bertz CT molecular complexity index is 637. The minimum atomic E-state index is 0.288. The van der Waals surface area contributed by atoms with Crippen LogP contribution < -0.4 is 10.9 Å². The largest absolute Gasteiger partial charge is 0.299 e. The van der Waals surface area contributed by atoms with E-state index in [0.29, 0.717) is 0 Å². The van der Waals surface area contributed by atoms with Gasteiger partial charge in [0.2, 0.25) is 5.11 Å². The zero-order valence-corrected chi connectivity index (χ0v) is 12.2. The lowest BCUT2D eigenvalue weighted by molar-refractivity contribution is 1.09. The van der Waals surface area contributed by atoms with Crippen LogP contribution in [0, 0.1) is 13.8 Å². The fourth-order valence-corrected chi connectivity index (χ4v) is 1.73. The fraction of sp³-hybridized carbons (Fsp3) is 0.133. The normalized spacial score (nSPS) is 10.5. The van der Waals surface area contributed by atoms with Gasteiger partial charge < -0.3 is 0 Å². The SMILES string of the molecule is Cc1ccccc1N=NC(=S)NNc1ccccc1C. The third-order valence-corrected chi connectivity index (χ3v) is 3.00. The number of thiocarbonyl (C=S) groups is 1. The summed E-state index contributed by atoms with van der Waals surface area (Å²) in [6.07, 6.45) is 0. The Balaban J connectivity index is 1.93. The molecule has 0 amide bonds. The Hall–Kier alpha value is -2.27. The quantitative estimate of drug-likeness (QED) is 0.502. The summed E-state index contributed by atoms with van der Waals surface area (Å²) >= 11 is 5.10. The van der Waals surface area contributed by atoms with Gasteiger partial charge in [0.1, 0.15) is 0 Å². The Morgan fingerprint density at radius 3 is 2.30 bits per heavy atom. The highest BCUT2D eigenvalue weighted by Gasteiger charge is 1.98. The summed E-state index contributed by atoms with van der Waals surface area (Å²) in [7, 11) is 0. The van der Waals surface area contributed by atoms with Gasteiger partial charge in [-0.2, -0.15) is 0 Å². The van der Waals surface area contributed by atoms with Gasteiger partial charge in [-0.3, -0.25) is 10.9 Å². The van der Waals surface area contributed by atoms with Crippen molar-refractivity contribution in [2.75, 3.05) is 5.43 Å². The molecule has 20 heavy (non-hydrogen) atoms. The van der Waals surface area contributed by atoms with Crippen LogP contribution >= 0.6 is 12.2 Å². The maximum absolute atomic E-state index is 5.10. The molecule has 2 rings (SSSR count). The highest BCUT2D eigenvalue weighted by atomic mass is 32.1. The molecular weight excluding hydrogens is 268 g/mol. The van der Waals surface area contributed by atoms with Crippen molar-refractivity contribution < 1.29 is 0 Å². The number of hydrogen-bond acceptors (Lipinski definition) is 3. The van der Waals surface area contributed by atoms with Crippen molar-refractivity contribution in [3.63, 3.8) is 0 Å². The van der Waals surface area contributed by atoms with E-state index in [1.165, 1.54) is 0 Å². The summed E-state index contributed by atoms with van der Waals surface area (Å²) in [4.78, 5) is 0. The van der Waals surface area contributed by atoms with Crippen LogP contribution in [-0.4, -0.2) is 5.11 Å². The molecule has 0 radical (unpaired) electrons. The zero-order chi connectivity index (χ0) is 14.4. The van der Waals surface area contributed by atoms with E-state index in [0.717, 1.165) is 22.5 Å². The molecule has 0 atom stereocenters. The van der Waals surface area contributed by atoms with E-state index in [1.807, 2.05) is 62.4 Å². The van der Waals surface area contributed by atoms with Crippen LogP contribution in [0.2, 0.25) is 0 Å². The zero-order valence-electron chi connectivity index (χ0n) is 11.4. The highest BCUT2D eigenvalue weighted by Crippen LogP contribution is 2.17. The molecule has 0 aromatic heterocycles. The minimum absolute atomic E-state index is 0.288. The van der Waals surface area contributed by atoms with Gasteiger partial charge in [0, 0.05) is 0 Å². The van der Waals surface area contributed by atoms with Crippen LogP contribution in [0.4, 0.5) is 11.4 Å². The second-order valence-corrected chi connectivity index (χ2v) is 4.74. The van der Waals surface area contributed by atoms with Gasteiger partial charge in [-0.25, -0.2) is 0 Å². The van der Waals surface area contributed by atoms with Gasteiger partial charge in [-0.05, 0) is 49.3 Å². The second-order valence-electron chi connectivity index (χ2n) is 4.36. The highest BCUT2D eigenvalue weighted by molar-refractivity contribution is 7.80. The lowest BCUT2D eigenvalue weighted by Gasteiger charge is -2.09. The molecule has 0 saturated heterocycles. The molecule has 102 valence electrons. The number of para-hydroxylation sites is 1. The number of aryl methyl sites for hydroxylation is 2. The molecule has 0 spiro atoms. The fourth-order valence-electron chi connectivity index (χ4n) is 1.63. The monoisotopic (exact) mass is 284 g/mol. The first-order chi connectivity index (χ1) is 9.66. The predicted molar refractivity (Wildman–Crippen MR) is 86.2 cm³/mol. The van der Waals surface area contributed by atoms with Gasteiger partial charge in [0.25, 0.3) is 0 Å². The average Bonchev–Trinajstić information content (AvgIpc) is 2.45. The molecule has 0 saturated carbocycles. The third-order valence-electron chi connectivity index (χ3n) is 2.81. The molecule has 2 aromatic carbocycles. The summed E-state index contributed by atoms with van der Waals surface area (Å²) < 4.78 is 0. The van der Waals surface area contributed by atoms with Crippen LogP contribution in [0.15, 0.2) is 58.8 Å². The average molecular weight is 284 g/mol. The lowest BCUT2D eigenvalue weighted by Crippen LogP contribution is -2.26. The van der Waals surface area contributed by atoms with Crippen molar-refractivity contribution in [1.82, 2.24) is 5.43 Å². The van der Waals surface area contributed by atoms with E-state index in [1.54, 1.807) is 0 Å². The number of nitrogens with one attached hydrogen (secondary N) is 2. The molecule has 0 heterocycles. The molecule has 5 heteroatoms. The Kier molecular flexibility index (Phi) is 4.79. The van der Waals surface area contributed by atoms with Crippen LogP contribution in [0.1, 0.15) is 11.1 Å². The summed E-state index contributed by atoms with van der Waals surface area (Å²) in [5, 5.41) is 8.39. The Labute approximate surface area is 123 Å². The summed E-state index contributed by atoms with van der Waals surface area (Å²) in [5.74, 6) is 0. The van der Waals surface area contributed by atoms with E-state index in [2.05, 4.69) is 21.1 Å². The van der Waals surface area contributed by atoms with Gasteiger partial charge >= 0.3 is 0 Å². The first-order valence-corrected chi connectivity index (χ1v) is 6.66. The molecule has 4 nitrogen and oxygen atoms in total. The van der Waals surface area contributed by atoms with Gasteiger partial charge in [-0.15, -0.1) is 10.2 Å². The summed E-state index contributed by atoms with van der Waals surface area (Å²) in [5.41, 5.74) is 9.83. The van der Waals surface area contributed by atoms with E-state index in [9.17, 15) is 0 Å². The molecule has 2 N–H and O–H groups in total. The van der Waals surface area contributed by atoms with E-state index in [4.69, 9.17) is 12.2 Å². The molecule has 0 aliphatic carbocycles. The topological polar surface area (TPSA) is 48.8 Å². The van der Waals surface area contributed by atoms with Gasteiger partial charge in [0.15, 0.2) is 0 Å². The van der Waals surface area contributed by atoms with Gasteiger partial charge in [0.05, 0.1) is 11.4 Å². The number of benzene rings is 2. The van der Waals surface area contributed by atoms with Crippen LogP contribution in [0.5, 0.6) is 0 Å². The third kappa shape index (κ3) is 3.86.